The molecule has 2 aliphatic carbocycles. The molecule has 2 fully saturated rings. The second kappa shape index (κ2) is 3.92. The molecule has 86 valence electrons. The molecule has 4 atom stereocenters. The summed E-state index contributed by atoms with van der Waals surface area (Å²) in [5.74, 6) is 2.57. The van der Waals surface area contributed by atoms with Crippen molar-refractivity contribution in [1.82, 2.24) is 0 Å². The molecule has 0 heterocycles. The molecule has 0 radical (unpaired) electrons. The van der Waals surface area contributed by atoms with Crippen LogP contribution in [-0.2, 0) is 4.79 Å². The Morgan fingerprint density at radius 3 is 2.87 bits per heavy atom. The molecule has 0 saturated heterocycles. The normalized spacial score (nSPS) is 42.7. The van der Waals surface area contributed by atoms with Gasteiger partial charge in [-0.05, 0) is 42.9 Å². The molecular formula is C14H24O. The second-order valence-electron chi connectivity index (χ2n) is 5.95. The third kappa shape index (κ3) is 1.64. The van der Waals surface area contributed by atoms with Gasteiger partial charge in [0.25, 0.3) is 0 Å². The fourth-order valence-electron chi connectivity index (χ4n) is 4.19. The van der Waals surface area contributed by atoms with E-state index in [1.165, 1.54) is 25.7 Å². The lowest BCUT2D eigenvalue weighted by atomic mass is 9.62. The number of carbonyl (C=O) groups is 1. The molecule has 1 heteroatoms. The van der Waals surface area contributed by atoms with Crippen molar-refractivity contribution in [3.8, 4) is 0 Å². The summed E-state index contributed by atoms with van der Waals surface area (Å²) < 4.78 is 0. The van der Waals surface area contributed by atoms with Crippen molar-refractivity contribution in [2.45, 2.75) is 59.3 Å². The first-order valence-electron chi connectivity index (χ1n) is 6.62. The SMILES string of the molecule is CC[C@@H](C)[C@H]1CC[C@H]2C(=O)CCC[C@]12C. The number of hydrogen-bond donors (Lipinski definition) is 0. The summed E-state index contributed by atoms with van der Waals surface area (Å²) >= 11 is 0. The third-order valence-electron chi connectivity index (χ3n) is 5.27. The first-order valence-corrected chi connectivity index (χ1v) is 6.62. The minimum Gasteiger partial charge on any atom is -0.299 e. The van der Waals surface area contributed by atoms with Crippen molar-refractivity contribution >= 4 is 5.78 Å². The molecular weight excluding hydrogens is 184 g/mol. The highest BCUT2D eigenvalue weighted by Crippen LogP contribution is 2.56. The fourth-order valence-corrected chi connectivity index (χ4v) is 4.19. The van der Waals surface area contributed by atoms with Crippen LogP contribution in [0.4, 0.5) is 0 Å². The Bertz CT molecular complexity index is 258. The van der Waals surface area contributed by atoms with Crippen LogP contribution in [0.15, 0.2) is 0 Å². The Kier molecular flexibility index (Phi) is 2.92. The zero-order chi connectivity index (χ0) is 11.1. The summed E-state index contributed by atoms with van der Waals surface area (Å²) in [6.45, 7) is 7.04. The number of fused-ring (bicyclic) bond motifs is 1. The first-order chi connectivity index (χ1) is 7.09. The van der Waals surface area contributed by atoms with E-state index in [0.717, 1.165) is 24.7 Å². The van der Waals surface area contributed by atoms with Crippen molar-refractivity contribution in [2.75, 3.05) is 0 Å². The lowest BCUT2D eigenvalue weighted by molar-refractivity contribution is -0.130. The van der Waals surface area contributed by atoms with Gasteiger partial charge in [0.1, 0.15) is 5.78 Å². The molecule has 0 aliphatic heterocycles. The van der Waals surface area contributed by atoms with Gasteiger partial charge in [0, 0.05) is 12.3 Å². The van der Waals surface area contributed by atoms with Crippen molar-refractivity contribution in [3.05, 3.63) is 0 Å². The van der Waals surface area contributed by atoms with Crippen LogP contribution >= 0.6 is 0 Å². The predicted octanol–water partition coefficient (Wildman–Crippen LogP) is 3.82. The molecule has 2 rings (SSSR count). The van der Waals surface area contributed by atoms with Gasteiger partial charge in [-0.3, -0.25) is 4.79 Å². The molecule has 0 spiro atoms. The van der Waals surface area contributed by atoms with E-state index in [0.29, 0.717) is 17.1 Å². The topological polar surface area (TPSA) is 17.1 Å². The largest absolute Gasteiger partial charge is 0.299 e. The minimum atomic E-state index is 0.352. The maximum atomic E-state index is 11.9. The average molecular weight is 208 g/mol. The van der Waals surface area contributed by atoms with E-state index in [9.17, 15) is 4.79 Å². The molecule has 0 aromatic heterocycles. The van der Waals surface area contributed by atoms with E-state index < -0.39 is 0 Å². The van der Waals surface area contributed by atoms with Crippen LogP contribution in [0.3, 0.4) is 0 Å². The monoisotopic (exact) mass is 208 g/mol. The van der Waals surface area contributed by atoms with Gasteiger partial charge >= 0.3 is 0 Å². The van der Waals surface area contributed by atoms with Gasteiger partial charge in [0.2, 0.25) is 0 Å². The Morgan fingerprint density at radius 2 is 2.20 bits per heavy atom. The Labute approximate surface area is 93.6 Å². The van der Waals surface area contributed by atoms with E-state index >= 15 is 0 Å². The number of Topliss-reactive ketones (excluding diaryl/α,β-unsaturated/α-hetero) is 1. The maximum absolute atomic E-state index is 11.9. The number of ketones is 1. The van der Waals surface area contributed by atoms with Crippen LogP contribution in [0.25, 0.3) is 0 Å². The molecule has 0 amide bonds. The van der Waals surface area contributed by atoms with Gasteiger partial charge in [0.05, 0.1) is 0 Å². The van der Waals surface area contributed by atoms with Crippen molar-refractivity contribution in [3.63, 3.8) is 0 Å². The van der Waals surface area contributed by atoms with Crippen LogP contribution in [-0.4, -0.2) is 5.78 Å². The predicted molar refractivity (Wildman–Crippen MR) is 62.6 cm³/mol. The van der Waals surface area contributed by atoms with Gasteiger partial charge in [0.15, 0.2) is 0 Å². The van der Waals surface area contributed by atoms with Gasteiger partial charge in [-0.1, -0.05) is 27.2 Å². The van der Waals surface area contributed by atoms with Crippen LogP contribution in [0.5, 0.6) is 0 Å². The molecule has 2 aliphatic rings. The quantitative estimate of drug-likeness (QED) is 0.674. The average Bonchev–Trinajstić information content (AvgIpc) is 2.56. The molecule has 0 unspecified atom stereocenters. The van der Waals surface area contributed by atoms with Crippen LogP contribution in [0, 0.1) is 23.2 Å². The fraction of sp³-hybridized carbons (Fsp3) is 0.929. The summed E-state index contributed by atoms with van der Waals surface area (Å²) in [4.78, 5) is 11.9. The molecule has 2 saturated carbocycles. The second-order valence-corrected chi connectivity index (χ2v) is 5.95. The Morgan fingerprint density at radius 1 is 1.47 bits per heavy atom. The molecule has 0 aromatic rings. The number of hydrogen-bond acceptors (Lipinski definition) is 1. The summed E-state index contributed by atoms with van der Waals surface area (Å²) in [6, 6.07) is 0. The Hall–Kier alpha value is -0.330. The third-order valence-corrected chi connectivity index (χ3v) is 5.27. The lowest BCUT2D eigenvalue weighted by Gasteiger charge is -2.42. The zero-order valence-corrected chi connectivity index (χ0v) is 10.4. The number of rotatable bonds is 2. The summed E-state index contributed by atoms with van der Waals surface area (Å²) in [5, 5.41) is 0. The highest BCUT2D eigenvalue weighted by Gasteiger charge is 2.51. The van der Waals surface area contributed by atoms with Crippen LogP contribution in [0.1, 0.15) is 59.3 Å². The smallest absolute Gasteiger partial charge is 0.136 e. The molecule has 1 nitrogen and oxygen atoms in total. The lowest BCUT2D eigenvalue weighted by Crippen LogP contribution is -2.39. The van der Waals surface area contributed by atoms with E-state index in [1.807, 2.05) is 0 Å². The standard InChI is InChI=1S/C14H24O/c1-4-10(2)11-7-8-12-13(15)6-5-9-14(11,12)3/h10-12H,4-9H2,1-3H3/t10-,11-,12+,14-/m1/s1. The van der Waals surface area contributed by atoms with Gasteiger partial charge < -0.3 is 0 Å². The van der Waals surface area contributed by atoms with E-state index in [-0.39, 0.29) is 0 Å². The van der Waals surface area contributed by atoms with Crippen molar-refractivity contribution < 1.29 is 4.79 Å². The van der Waals surface area contributed by atoms with Gasteiger partial charge in [-0.2, -0.15) is 0 Å². The minimum absolute atomic E-state index is 0.352. The number of carbonyl (C=O) groups excluding carboxylic acids is 1. The van der Waals surface area contributed by atoms with Crippen molar-refractivity contribution in [2.24, 2.45) is 23.2 Å². The zero-order valence-electron chi connectivity index (χ0n) is 10.4. The molecule has 0 N–H and O–H groups in total. The molecule has 0 aromatic carbocycles. The molecule has 15 heavy (non-hydrogen) atoms. The first kappa shape index (κ1) is 11.2. The highest BCUT2D eigenvalue weighted by molar-refractivity contribution is 5.83. The van der Waals surface area contributed by atoms with Crippen LogP contribution in [0.2, 0.25) is 0 Å². The van der Waals surface area contributed by atoms with E-state index in [4.69, 9.17) is 0 Å². The highest BCUT2D eigenvalue weighted by atomic mass is 16.1. The summed E-state index contributed by atoms with van der Waals surface area (Å²) in [5.41, 5.74) is 0.352. The van der Waals surface area contributed by atoms with E-state index in [1.54, 1.807) is 0 Å². The summed E-state index contributed by atoms with van der Waals surface area (Å²) in [6.07, 6.45) is 7.01. The maximum Gasteiger partial charge on any atom is 0.136 e. The van der Waals surface area contributed by atoms with Crippen molar-refractivity contribution in [1.29, 1.82) is 0 Å². The molecule has 0 bridgehead atoms. The van der Waals surface area contributed by atoms with Gasteiger partial charge in [-0.15, -0.1) is 0 Å². The van der Waals surface area contributed by atoms with E-state index in [2.05, 4.69) is 20.8 Å². The van der Waals surface area contributed by atoms with Gasteiger partial charge in [-0.25, -0.2) is 0 Å². The van der Waals surface area contributed by atoms with Crippen LogP contribution < -0.4 is 0 Å². The Balaban J connectivity index is 2.21. The summed E-state index contributed by atoms with van der Waals surface area (Å²) in [7, 11) is 0.